The third-order valence-corrected chi connectivity index (χ3v) is 5.83. The number of anilines is 2. The molecule has 0 fully saturated rings. The monoisotopic (exact) mass is 497 g/mol. The maximum atomic E-state index is 14.9. The Morgan fingerprint density at radius 3 is 2.44 bits per heavy atom. The average Bonchev–Trinajstić information content (AvgIpc) is 3.22. The summed E-state index contributed by atoms with van der Waals surface area (Å²) >= 11 is 12.4. The van der Waals surface area contributed by atoms with Crippen molar-refractivity contribution >= 4 is 46.7 Å². The predicted molar refractivity (Wildman–Crippen MR) is 127 cm³/mol. The normalized spacial score (nSPS) is 14.7. The van der Waals surface area contributed by atoms with Gasteiger partial charge in [-0.15, -0.1) is 5.10 Å². The first-order valence-corrected chi connectivity index (χ1v) is 10.9. The summed E-state index contributed by atoms with van der Waals surface area (Å²) < 4.78 is 29.5. The summed E-state index contributed by atoms with van der Waals surface area (Å²) in [7, 11) is 0. The fraction of sp³-hybridized carbons (Fsp3) is 0.0417. The van der Waals surface area contributed by atoms with Crippen molar-refractivity contribution in [2.45, 2.75) is 6.04 Å². The van der Waals surface area contributed by atoms with E-state index in [2.05, 4.69) is 20.7 Å². The lowest BCUT2D eigenvalue weighted by atomic mass is 10.0. The van der Waals surface area contributed by atoms with Crippen LogP contribution in [0.1, 0.15) is 27.5 Å². The molecule has 0 saturated carbocycles. The first-order chi connectivity index (χ1) is 16.4. The summed E-state index contributed by atoms with van der Waals surface area (Å²) in [5.74, 6) is -1.23. The van der Waals surface area contributed by atoms with E-state index in [0.29, 0.717) is 10.7 Å². The molecule has 10 heteroatoms. The maximum absolute atomic E-state index is 14.9. The van der Waals surface area contributed by atoms with Crippen LogP contribution < -0.4 is 10.6 Å². The Bertz CT molecular complexity index is 1400. The van der Waals surface area contributed by atoms with Crippen molar-refractivity contribution < 1.29 is 13.6 Å². The van der Waals surface area contributed by atoms with E-state index in [1.54, 1.807) is 24.3 Å². The molecule has 2 heterocycles. The van der Waals surface area contributed by atoms with Gasteiger partial charge in [-0.1, -0.05) is 41.4 Å². The van der Waals surface area contributed by atoms with E-state index in [-0.39, 0.29) is 28.0 Å². The molecule has 0 radical (unpaired) electrons. The number of rotatable bonds is 4. The number of nitrogens with zero attached hydrogens (tertiary/aromatic N) is 3. The molecule has 1 aromatic heterocycles. The van der Waals surface area contributed by atoms with Gasteiger partial charge in [0.1, 0.15) is 17.7 Å². The molecule has 3 aromatic carbocycles. The lowest BCUT2D eigenvalue weighted by molar-refractivity contribution is 0.102. The van der Waals surface area contributed by atoms with Crippen molar-refractivity contribution in [2.75, 3.05) is 10.6 Å². The number of hydrogen-bond acceptors (Lipinski definition) is 4. The van der Waals surface area contributed by atoms with Crippen LogP contribution in [0, 0.1) is 11.6 Å². The molecular weight excluding hydrogens is 483 g/mol. The van der Waals surface area contributed by atoms with Crippen molar-refractivity contribution in [1.82, 2.24) is 14.8 Å². The van der Waals surface area contributed by atoms with Gasteiger partial charge in [-0.3, -0.25) is 10.1 Å². The Hall–Kier alpha value is -3.75. The van der Waals surface area contributed by atoms with Gasteiger partial charge in [0.05, 0.1) is 0 Å². The van der Waals surface area contributed by atoms with Gasteiger partial charge in [0, 0.05) is 26.9 Å². The molecule has 170 valence electrons. The number of carbonyl (C=O) groups is 1. The first-order valence-electron chi connectivity index (χ1n) is 10.1. The van der Waals surface area contributed by atoms with Crippen molar-refractivity contribution in [3.8, 4) is 0 Å². The molecular formula is C24H15Cl2F2N5O. The van der Waals surface area contributed by atoms with Crippen molar-refractivity contribution in [3.63, 3.8) is 0 Å². The molecule has 0 spiro atoms. The zero-order valence-electron chi connectivity index (χ0n) is 17.3. The molecule has 2 N–H and O–H groups in total. The third-order valence-electron chi connectivity index (χ3n) is 5.25. The van der Waals surface area contributed by atoms with E-state index >= 15 is 0 Å². The van der Waals surface area contributed by atoms with Gasteiger partial charge in [-0.25, -0.2) is 13.5 Å². The average molecular weight is 498 g/mol. The van der Waals surface area contributed by atoms with E-state index < -0.39 is 23.6 Å². The number of hydrogen-bond donors (Lipinski definition) is 2. The highest BCUT2D eigenvalue weighted by Gasteiger charge is 2.29. The van der Waals surface area contributed by atoms with E-state index in [9.17, 15) is 13.6 Å². The molecule has 0 aliphatic carbocycles. The molecule has 34 heavy (non-hydrogen) atoms. The van der Waals surface area contributed by atoms with Crippen LogP contribution in [0.2, 0.25) is 10.0 Å². The summed E-state index contributed by atoms with van der Waals surface area (Å²) in [6, 6.07) is 15.8. The molecule has 1 atom stereocenters. The minimum Gasteiger partial charge on any atom is -0.324 e. The fourth-order valence-electron chi connectivity index (χ4n) is 3.62. The SMILES string of the molecule is O=C(Nc1nc2n(n1)[C@H](c1c(F)cccc1Cl)C=C(c1ccc(Cl)cc1)N2)c1ccc(F)cc1. The first kappa shape index (κ1) is 22.1. The zero-order valence-corrected chi connectivity index (χ0v) is 18.8. The highest BCUT2D eigenvalue weighted by molar-refractivity contribution is 6.31. The lowest BCUT2D eigenvalue weighted by Gasteiger charge is -2.25. The van der Waals surface area contributed by atoms with Crippen LogP contribution in [0.25, 0.3) is 5.70 Å². The fourth-order valence-corrected chi connectivity index (χ4v) is 4.02. The maximum Gasteiger partial charge on any atom is 0.258 e. The van der Waals surface area contributed by atoms with Gasteiger partial charge >= 0.3 is 0 Å². The highest BCUT2D eigenvalue weighted by atomic mass is 35.5. The van der Waals surface area contributed by atoms with E-state index in [0.717, 1.165) is 5.56 Å². The Morgan fingerprint density at radius 1 is 1.00 bits per heavy atom. The van der Waals surface area contributed by atoms with Crippen LogP contribution in [0.15, 0.2) is 72.8 Å². The summed E-state index contributed by atoms with van der Waals surface area (Å²) in [6.07, 6.45) is 1.76. The van der Waals surface area contributed by atoms with Crippen LogP contribution in [0.3, 0.4) is 0 Å². The highest BCUT2D eigenvalue weighted by Crippen LogP contribution is 2.37. The summed E-state index contributed by atoms with van der Waals surface area (Å²) in [5, 5.41) is 10.9. The molecule has 6 nitrogen and oxygen atoms in total. The number of fused-ring (bicyclic) bond motifs is 1. The van der Waals surface area contributed by atoms with E-state index in [4.69, 9.17) is 23.2 Å². The molecule has 1 amide bonds. The Morgan fingerprint density at radius 2 is 1.74 bits per heavy atom. The van der Waals surface area contributed by atoms with Gasteiger partial charge in [0.25, 0.3) is 11.9 Å². The molecule has 1 aliphatic rings. The van der Waals surface area contributed by atoms with Gasteiger partial charge < -0.3 is 5.32 Å². The second-order valence-electron chi connectivity index (χ2n) is 7.46. The standard InChI is InChI=1S/C24H15Cl2F2N5O/c25-15-8-4-13(5-9-15)19-12-20(21-17(26)2-1-3-18(21)28)33-24(29-19)31-23(32-33)30-22(34)14-6-10-16(27)11-7-14/h1-12,20H,(H2,29,30,31,32,34)/t20-/m0/s1. The lowest BCUT2D eigenvalue weighted by Crippen LogP contribution is -2.21. The molecule has 0 saturated heterocycles. The second kappa shape index (κ2) is 8.89. The van der Waals surface area contributed by atoms with Crippen molar-refractivity contribution in [1.29, 1.82) is 0 Å². The van der Waals surface area contributed by atoms with Crippen LogP contribution in [-0.2, 0) is 0 Å². The number of allylic oxidation sites excluding steroid dienone is 1. The number of halogens is 4. The number of amides is 1. The van der Waals surface area contributed by atoms with Gasteiger partial charge in [-0.2, -0.15) is 4.98 Å². The topological polar surface area (TPSA) is 71.8 Å². The van der Waals surface area contributed by atoms with Crippen LogP contribution in [-0.4, -0.2) is 20.7 Å². The Kier molecular flexibility index (Phi) is 5.77. The summed E-state index contributed by atoms with van der Waals surface area (Å²) in [6.45, 7) is 0. The minimum absolute atomic E-state index is 0.0138. The van der Waals surface area contributed by atoms with Crippen LogP contribution in [0.5, 0.6) is 0 Å². The smallest absolute Gasteiger partial charge is 0.258 e. The Labute approximate surface area is 202 Å². The van der Waals surface area contributed by atoms with Crippen molar-refractivity contribution in [2.24, 2.45) is 0 Å². The summed E-state index contributed by atoms with van der Waals surface area (Å²) in [5.41, 5.74) is 1.86. The summed E-state index contributed by atoms with van der Waals surface area (Å²) in [4.78, 5) is 16.9. The van der Waals surface area contributed by atoms with Crippen molar-refractivity contribution in [3.05, 3.63) is 111 Å². The van der Waals surface area contributed by atoms with E-state index in [1.807, 2.05) is 12.1 Å². The molecule has 0 unspecified atom stereocenters. The Balaban J connectivity index is 1.55. The van der Waals surface area contributed by atoms with Gasteiger partial charge in [0.2, 0.25) is 5.95 Å². The molecule has 5 rings (SSSR count). The largest absolute Gasteiger partial charge is 0.324 e. The number of nitrogens with one attached hydrogen (secondary N) is 2. The number of benzene rings is 3. The quantitative estimate of drug-likeness (QED) is 0.353. The molecule has 1 aliphatic heterocycles. The second-order valence-corrected chi connectivity index (χ2v) is 8.30. The number of aromatic nitrogens is 3. The zero-order chi connectivity index (χ0) is 23.8. The van der Waals surface area contributed by atoms with Crippen LogP contribution in [0.4, 0.5) is 20.7 Å². The predicted octanol–water partition coefficient (Wildman–Crippen LogP) is 6.17. The minimum atomic E-state index is -0.750. The van der Waals surface area contributed by atoms with Crippen LogP contribution >= 0.6 is 23.2 Å². The molecule has 4 aromatic rings. The van der Waals surface area contributed by atoms with Gasteiger partial charge in [-0.05, 0) is 60.2 Å². The third kappa shape index (κ3) is 4.25. The van der Waals surface area contributed by atoms with Gasteiger partial charge in [0.15, 0.2) is 0 Å². The number of carbonyl (C=O) groups excluding carboxylic acids is 1. The molecule has 0 bridgehead atoms. The van der Waals surface area contributed by atoms with E-state index in [1.165, 1.54) is 41.1 Å².